The zero-order chi connectivity index (χ0) is 22.0. The molecule has 0 radical (unpaired) electrons. The van der Waals surface area contributed by atoms with Crippen LogP contribution in [0, 0.1) is 6.92 Å². The molecule has 2 heterocycles. The van der Waals surface area contributed by atoms with Gasteiger partial charge < -0.3 is 14.8 Å². The van der Waals surface area contributed by atoms with Crippen molar-refractivity contribution in [3.63, 3.8) is 0 Å². The van der Waals surface area contributed by atoms with Crippen LogP contribution in [0.3, 0.4) is 0 Å². The Hall–Kier alpha value is -3.03. The summed E-state index contributed by atoms with van der Waals surface area (Å²) in [6, 6.07) is 15.5. The number of halogens is 1. The molecule has 4 aromatic rings. The van der Waals surface area contributed by atoms with Crippen molar-refractivity contribution in [3.8, 4) is 17.0 Å². The summed E-state index contributed by atoms with van der Waals surface area (Å²) in [6.07, 6.45) is 0. The number of fused-ring (bicyclic) bond motifs is 1. The Morgan fingerprint density at radius 3 is 2.68 bits per heavy atom. The molecule has 0 fully saturated rings. The minimum Gasteiger partial charge on any atom is -0.497 e. The van der Waals surface area contributed by atoms with Crippen molar-refractivity contribution in [1.29, 1.82) is 0 Å². The van der Waals surface area contributed by atoms with Crippen LogP contribution in [0.2, 0.25) is 5.02 Å². The molecule has 0 spiro atoms. The zero-order valence-electron chi connectivity index (χ0n) is 17.4. The highest BCUT2D eigenvalue weighted by Gasteiger charge is 2.23. The second kappa shape index (κ2) is 8.99. The maximum atomic E-state index is 12.4. The molecule has 0 aliphatic heterocycles. The van der Waals surface area contributed by atoms with Crippen LogP contribution in [0.25, 0.3) is 16.2 Å². The van der Waals surface area contributed by atoms with E-state index < -0.39 is 0 Å². The lowest BCUT2D eigenvalue weighted by atomic mass is 10.1. The maximum absolute atomic E-state index is 12.4. The van der Waals surface area contributed by atoms with Gasteiger partial charge in [0.15, 0.2) is 4.96 Å². The molecule has 0 bridgehead atoms. The predicted molar refractivity (Wildman–Crippen MR) is 125 cm³/mol. The van der Waals surface area contributed by atoms with Gasteiger partial charge in [0.05, 0.1) is 13.7 Å². The van der Waals surface area contributed by atoms with E-state index in [1.54, 1.807) is 14.0 Å². The first-order valence-corrected chi connectivity index (χ1v) is 11.0. The van der Waals surface area contributed by atoms with E-state index in [4.69, 9.17) is 26.1 Å². The fourth-order valence-electron chi connectivity index (χ4n) is 3.36. The van der Waals surface area contributed by atoms with Gasteiger partial charge in [-0.05, 0) is 43.7 Å². The Morgan fingerprint density at radius 2 is 2.00 bits per heavy atom. The molecule has 2 aromatic heterocycles. The fraction of sp³-hybridized carbons (Fsp3) is 0.217. The van der Waals surface area contributed by atoms with Crippen molar-refractivity contribution in [3.05, 3.63) is 69.7 Å². The molecule has 1 N–H and O–H groups in total. The highest BCUT2D eigenvalue weighted by atomic mass is 35.5. The number of ether oxygens (including phenoxy) is 2. The Balaban J connectivity index is 1.77. The number of imidazole rings is 1. The van der Waals surface area contributed by atoms with Crippen molar-refractivity contribution >= 4 is 39.7 Å². The minimum absolute atomic E-state index is 0.328. The number of benzene rings is 2. The van der Waals surface area contributed by atoms with E-state index in [-0.39, 0.29) is 5.97 Å². The number of aryl methyl sites for hydroxylation is 1. The molecule has 6 nitrogen and oxygen atoms in total. The van der Waals surface area contributed by atoms with E-state index in [0.29, 0.717) is 28.0 Å². The molecule has 0 unspecified atom stereocenters. The van der Waals surface area contributed by atoms with Crippen LogP contribution < -0.4 is 10.1 Å². The molecule has 0 aliphatic carbocycles. The Labute approximate surface area is 189 Å². The second-order valence-corrected chi connectivity index (χ2v) is 8.29. The van der Waals surface area contributed by atoms with E-state index in [1.165, 1.54) is 11.3 Å². The van der Waals surface area contributed by atoms with Crippen LogP contribution in [-0.2, 0) is 11.3 Å². The molecule has 2 aromatic carbocycles. The van der Waals surface area contributed by atoms with E-state index in [0.717, 1.165) is 34.1 Å². The number of nitrogens with zero attached hydrogens (tertiary/aromatic N) is 2. The lowest BCUT2D eigenvalue weighted by Gasteiger charge is -2.11. The van der Waals surface area contributed by atoms with E-state index >= 15 is 0 Å². The standard InChI is InChI=1S/C23H22ClN3O3S/c1-4-30-22(28)20-14(2)27-21(25-13-15-8-10-18(29-3)11-9-15)19(26-23(27)31-20)16-6-5-7-17(24)12-16/h5-12,25H,4,13H2,1-3H3. The quantitative estimate of drug-likeness (QED) is 0.355. The number of rotatable bonds is 7. The molecule has 4 rings (SSSR count). The summed E-state index contributed by atoms with van der Waals surface area (Å²) in [5.74, 6) is 1.28. The first kappa shape index (κ1) is 21.2. The number of aromatic nitrogens is 2. The molecule has 160 valence electrons. The van der Waals surface area contributed by atoms with Gasteiger partial charge in [0.2, 0.25) is 0 Å². The number of esters is 1. The minimum atomic E-state index is -0.332. The molecule has 0 saturated heterocycles. The zero-order valence-corrected chi connectivity index (χ0v) is 19.0. The molecule has 0 amide bonds. The monoisotopic (exact) mass is 455 g/mol. The van der Waals surface area contributed by atoms with Gasteiger partial charge >= 0.3 is 5.97 Å². The maximum Gasteiger partial charge on any atom is 0.350 e. The summed E-state index contributed by atoms with van der Waals surface area (Å²) in [5, 5.41) is 4.14. The highest BCUT2D eigenvalue weighted by molar-refractivity contribution is 7.19. The Kier molecular flexibility index (Phi) is 6.15. The Morgan fingerprint density at radius 1 is 1.23 bits per heavy atom. The summed E-state index contributed by atoms with van der Waals surface area (Å²) in [5.41, 5.74) is 3.56. The number of carbonyl (C=O) groups is 1. The summed E-state index contributed by atoms with van der Waals surface area (Å²) in [4.78, 5) is 18.5. The van der Waals surface area contributed by atoms with Crippen molar-refractivity contribution in [2.45, 2.75) is 20.4 Å². The largest absolute Gasteiger partial charge is 0.497 e. The smallest absolute Gasteiger partial charge is 0.350 e. The molecule has 8 heteroatoms. The number of anilines is 1. The van der Waals surface area contributed by atoms with Crippen molar-refractivity contribution in [2.24, 2.45) is 0 Å². The third-order valence-corrected chi connectivity index (χ3v) is 6.24. The van der Waals surface area contributed by atoms with Gasteiger partial charge in [0.1, 0.15) is 22.1 Å². The molecular weight excluding hydrogens is 434 g/mol. The van der Waals surface area contributed by atoms with Crippen LogP contribution in [0.15, 0.2) is 48.5 Å². The number of carbonyl (C=O) groups excluding carboxylic acids is 1. The molecular formula is C23H22ClN3O3S. The number of thiazole rings is 1. The first-order valence-electron chi connectivity index (χ1n) is 9.83. The van der Waals surface area contributed by atoms with E-state index in [2.05, 4.69) is 5.32 Å². The van der Waals surface area contributed by atoms with Crippen LogP contribution >= 0.6 is 22.9 Å². The van der Waals surface area contributed by atoms with Gasteiger partial charge in [0.25, 0.3) is 0 Å². The normalized spacial score (nSPS) is 11.0. The summed E-state index contributed by atoms with van der Waals surface area (Å²) in [7, 11) is 1.65. The third kappa shape index (κ3) is 4.24. The van der Waals surface area contributed by atoms with Gasteiger partial charge in [-0.3, -0.25) is 4.40 Å². The van der Waals surface area contributed by atoms with Crippen molar-refractivity contribution in [1.82, 2.24) is 9.38 Å². The van der Waals surface area contributed by atoms with Crippen LogP contribution in [0.1, 0.15) is 27.9 Å². The second-order valence-electron chi connectivity index (χ2n) is 6.88. The lowest BCUT2D eigenvalue weighted by Crippen LogP contribution is -2.07. The summed E-state index contributed by atoms with van der Waals surface area (Å²) >= 11 is 7.55. The number of nitrogens with one attached hydrogen (secondary N) is 1. The summed E-state index contributed by atoms with van der Waals surface area (Å²) in [6.45, 7) is 4.60. The van der Waals surface area contributed by atoms with E-state index in [1.807, 2.05) is 59.9 Å². The van der Waals surface area contributed by atoms with Crippen molar-refractivity contribution in [2.75, 3.05) is 19.0 Å². The van der Waals surface area contributed by atoms with Gasteiger partial charge in [-0.2, -0.15) is 0 Å². The average molecular weight is 456 g/mol. The number of hydrogen-bond acceptors (Lipinski definition) is 6. The summed E-state index contributed by atoms with van der Waals surface area (Å²) < 4.78 is 12.4. The van der Waals surface area contributed by atoms with Gasteiger partial charge in [-0.15, -0.1) is 0 Å². The topological polar surface area (TPSA) is 64.9 Å². The fourth-order valence-corrected chi connectivity index (χ4v) is 4.57. The number of methoxy groups -OCH3 is 1. The Bertz CT molecular complexity index is 1230. The van der Waals surface area contributed by atoms with Crippen LogP contribution in [0.5, 0.6) is 5.75 Å². The SMILES string of the molecule is CCOC(=O)c1sc2nc(-c3cccc(Cl)c3)c(NCc3ccc(OC)cc3)n2c1C. The average Bonchev–Trinajstić information content (AvgIpc) is 3.29. The van der Waals surface area contributed by atoms with Crippen LogP contribution in [0.4, 0.5) is 5.82 Å². The molecule has 31 heavy (non-hydrogen) atoms. The van der Waals surface area contributed by atoms with Crippen LogP contribution in [-0.4, -0.2) is 29.1 Å². The predicted octanol–water partition coefficient (Wildman–Crippen LogP) is 5.82. The van der Waals surface area contributed by atoms with E-state index in [9.17, 15) is 4.79 Å². The molecule has 0 atom stereocenters. The van der Waals surface area contributed by atoms with Gasteiger partial charge in [-0.25, -0.2) is 9.78 Å². The molecule has 0 saturated carbocycles. The number of hydrogen-bond donors (Lipinski definition) is 1. The van der Waals surface area contributed by atoms with Gasteiger partial charge in [0, 0.05) is 22.8 Å². The highest BCUT2D eigenvalue weighted by Crippen LogP contribution is 2.36. The molecule has 0 aliphatic rings. The van der Waals surface area contributed by atoms with Gasteiger partial charge in [-0.1, -0.05) is 47.2 Å². The van der Waals surface area contributed by atoms with Crippen molar-refractivity contribution < 1.29 is 14.3 Å². The third-order valence-electron chi connectivity index (χ3n) is 4.88. The lowest BCUT2D eigenvalue weighted by molar-refractivity contribution is 0.0531. The first-order chi connectivity index (χ1) is 15.0.